The first kappa shape index (κ1) is 15.7. The largest absolute Gasteiger partial charge is 0.333 e. The molecule has 7 heteroatoms. The van der Waals surface area contributed by atoms with Gasteiger partial charge in [0.1, 0.15) is 4.88 Å². The van der Waals surface area contributed by atoms with Crippen molar-refractivity contribution in [3.8, 4) is 10.8 Å². The maximum atomic E-state index is 13.0. The zero-order valence-corrected chi connectivity index (χ0v) is 14.6. The second kappa shape index (κ2) is 6.57. The van der Waals surface area contributed by atoms with Crippen molar-refractivity contribution < 1.29 is 4.79 Å². The molecule has 0 unspecified atom stereocenters. The van der Waals surface area contributed by atoms with E-state index in [0.717, 1.165) is 25.9 Å². The number of hydrogen-bond donors (Lipinski definition) is 0. The highest BCUT2D eigenvalue weighted by Crippen LogP contribution is 2.31. The molecule has 0 N–H and O–H groups in total. The Balaban J connectivity index is 1.54. The van der Waals surface area contributed by atoms with E-state index in [1.54, 1.807) is 24.7 Å². The molecule has 2 aromatic heterocycles. The van der Waals surface area contributed by atoms with Crippen molar-refractivity contribution in [2.24, 2.45) is 0 Å². The lowest BCUT2D eigenvalue weighted by molar-refractivity contribution is 0.0669. The van der Waals surface area contributed by atoms with Gasteiger partial charge in [0.2, 0.25) is 0 Å². The van der Waals surface area contributed by atoms with Gasteiger partial charge in [-0.3, -0.25) is 4.79 Å². The number of carbonyl (C=O) groups is 1. The van der Waals surface area contributed by atoms with E-state index < -0.39 is 0 Å². The topological polar surface area (TPSA) is 62.2 Å². The molecule has 126 valence electrons. The standard InChI is InChI=1S/C17H21N5OS/c1-21-9-2-5-12(21)13-6-3-10-22(13)17(23)14-11-20-16(24-14)15-18-7-4-8-19-15/h4,7-8,11-13H,2-3,5-6,9-10H2,1H3/t12-,13-/m1/s1. The summed E-state index contributed by atoms with van der Waals surface area (Å²) in [6.45, 7) is 1.99. The molecule has 4 rings (SSSR count). The van der Waals surface area contributed by atoms with E-state index in [2.05, 4.69) is 31.8 Å². The third-order valence-electron chi connectivity index (χ3n) is 5.05. The van der Waals surface area contributed by atoms with Gasteiger partial charge >= 0.3 is 0 Å². The normalized spacial score (nSPS) is 24.6. The highest BCUT2D eigenvalue weighted by atomic mass is 32.1. The number of hydrogen-bond acceptors (Lipinski definition) is 6. The molecule has 2 atom stereocenters. The van der Waals surface area contributed by atoms with Gasteiger partial charge in [0, 0.05) is 31.0 Å². The van der Waals surface area contributed by atoms with Gasteiger partial charge in [-0.15, -0.1) is 11.3 Å². The third kappa shape index (κ3) is 2.82. The number of amides is 1. The van der Waals surface area contributed by atoms with Crippen molar-refractivity contribution in [1.82, 2.24) is 24.8 Å². The summed E-state index contributed by atoms with van der Waals surface area (Å²) in [5.41, 5.74) is 0. The molecule has 2 saturated heterocycles. The van der Waals surface area contributed by atoms with Crippen molar-refractivity contribution in [2.45, 2.75) is 37.8 Å². The average molecular weight is 343 g/mol. The van der Waals surface area contributed by atoms with Crippen LogP contribution in [0.15, 0.2) is 24.7 Å². The first-order valence-electron chi connectivity index (χ1n) is 8.48. The van der Waals surface area contributed by atoms with Crippen LogP contribution in [0, 0.1) is 0 Å². The molecular formula is C17H21N5OS. The molecule has 0 bridgehead atoms. The second-order valence-corrected chi connectivity index (χ2v) is 7.53. The van der Waals surface area contributed by atoms with Crippen molar-refractivity contribution >= 4 is 17.2 Å². The molecule has 2 fully saturated rings. The predicted octanol–water partition coefficient (Wildman–Crippen LogP) is 2.30. The van der Waals surface area contributed by atoms with Crippen LogP contribution in [0.1, 0.15) is 35.4 Å². The second-order valence-electron chi connectivity index (χ2n) is 6.50. The fourth-order valence-electron chi connectivity index (χ4n) is 3.89. The number of carbonyl (C=O) groups excluding carboxylic acids is 1. The first-order chi connectivity index (χ1) is 11.7. The minimum Gasteiger partial charge on any atom is -0.333 e. The van der Waals surface area contributed by atoms with Gasteiger partial charge in [-0.1, -0.05) is 0 Å². The van der Waals surface area contributed by atoms with E-state index in [1.165, 1.54) is 24.2 Å². The lowest BCUT2D eigenvalue weighted by Crippen LogP contribution is -2.46. The monoisotopic (exact) mass is 343 g/mol. The van der Waals surface area contributed by atoms with Gasteiger partial charge in [-0.05, 0) is 45.3 Å². The average Bonchev–Trinajstić information content (AvgIpc) is 3.35. The maximum absolute atomic E-state index is 13.0. The first-order valence-corrected chi connectivity index (χ1v) is 9.30. The van der Waals surface area contributed by atoms with Gasteiger partial charge < -0.3 is 9.80 Å². The molecule has 0 aromatic carbocycles. The quantitative estimate of drug-likeness (QED) is 0.856. The Kier molecular flexibility index (Phi) is 4.28. The molecule has 0 saturated carbocycles. The Morgan fingerprint density at radius 3 is 2.62 bits per heavy atom. The molecule has 1 amide bonds. The van der Waals surface area contributed by atoms with E-state index in [0.29, 0.717) is 27.8 Å². The fraction of sp³-hybridized carbons (Fsp3) is 0.529. The van der Waals surface area contributed by atoms with E-state index in [1.807, 2.05) is 0 Å². The minimum absolute atomic E-state index is 0.109. The molecule has 6 nitrogen and oxygen atoms in total. The number of rotatable bonds is 3. The van der Waals surface area contributed by atoms with Crippen LogP contribution >= 0.6 is 11.3 Å². The Morgan fingerprint density at radius 2 is 1.88 bits per heavy atom. The number of nitrogens with zero attached hydrogens (tertiary/aromatic N) is 5. The van der Waals surface area contributed by atoms with Crippen molar-refractivity contribution in [1.29, 1.82) is 0 Å². The molecule has 2 aliphatic rings. The van der Waals surface area contributed by atoms with E-state index >= 15 is 0 Å². The zero-order chi connectivity index (χ0) is 16.5. The van der Waals surface area contributed by atoms with Crippen LogP contribution in [-0.2, 0) is 0 Å². The van der Waals surface area contributed by atoms with Gasteiger partial charge in [-0.25, -0.2) is 15.0 Å². The number of aromatic nitrogens is 3. The molecule has 0 radical (unpaired) electrons. The highest BCUT2D eigenvalue weighted by Gasteiger charge is 2.39. The lowest BCUT2D eigenvalue weighted by atomic mass is 10.0. The number of likely N-dealkylation sites (tertiary alicyclic amines) is 2. The summed E-state index contributed by atoms with van der Waals surface area (Å²) >= 11 is 1.39. The summed E-state index contributed by atoms with van der Waals surface area (Å²) in [6, 6.07) is 2.61. The predicted molar refractivity (Wildman–Crippen MR) is 92.9 cm³/mol. The van der Waals surface area contributed by atoms with E-state index in [4.69, 9.17) is 0 Å². The molecular weight excluding hydrogens is 322 g/mol. The Labute approximate surface area is 145 Å². The van der Waals surface area contributed by atoms with Crippen LogP contribution in [0.25, 0.3) is 10.8 Å². The van der Waals surface area contributed by atoms with Crippen LogP contribution < -0.4 is 0 Å². The Bertz CT molecular complexity index is 719. The zero-order valence-electron chi connectivity index (χ0n) is 13.8. The number of thiazole rings is 1. The summed E-state index contributed by atoms with van der Waals surface area (Å²) < 4.78 is 0. The lowest BCUT2D eigenvalue weighted by Gasteiger charge is -2.33. The van der Waals surface area contributed by atoms with Gasteiger partial charge in [0.25, 0.3) is 5.91 Å². The summed E-state index contributed by atoms with van der Waals surface area (Å²) in [7, 11) is 2.18. The van der Waals surface area contributed by atoms with Crippen LogP contribution in [0.5, 0.6) is 0 Å². The molecule has 4 heterocycles. The SMILES string of the molecule is CN1CCC[C@@H]1[C@H]1CCCN1C(=O)c1cnc(-c2ncccn2)s1. The summed E-state index contributed by atoms with van der Waals surface area (Å²) in [4.78, 5) is 30.9. The van der Waals surface area contributed by atoms with Crippen LogP contribution in [0.4, 0.5) is 0 Å². The molecule has 2 aromatic rings. The maximum Gasteiger partial charge on any atom is 0.265 e. The van der Waals surface area contributed by atoms with Crippen LogP contribution in [-0.4, -0.2) is 62.9 Å². The molecule has 0 spiro atoms. The Hall–Kier alpha value is -1.86. The molecule has 0 aliphatic carbocycles. The van der Waals surface area contributed by atoms with Crippen molar-refractivity contribution in [3.05, 3.63) is 29.5 Å². The van der Waals surface area contributed by atoms with Crippen molar-refractivity contribution in [2.75, 3.05) is 20.1 Å². The molecule has 24 heavy (non-hydrogen) atoms. The Morgan fingerprint density at radius 1 is 1.12 bits per heavy atom. The van der Waals surface area contributed by atoms with Gasteiger partial charge in [-0.2, -0.15) is 0 Å². The highest BCUT2D eigenvalue weighted by molar-refractivity contribution is 7.16. The summed E-state index contributed by atoms with van der Waals surface area (Å²) in [6.07, 6.45) is 9.68. The van der Waals surface area contributed by atoms with Crippen LogP contribution in [0.2, 0.25) is 0 Å². The van der Waals surface area contributed by atoms with E-state index in [9.17, 15) is 4.79 Å². The third-order valence-corrected chi connectivity index (χ3v) is 6.04. The fourth-order valence-corrected chi connectivity index (χ4v) is 4.71. The molecule has 2 aliphatic heterocycles. The van der Waals surface area contributed by atoms with Crippen molar-refractivity contribution in [3.63, 3.8) is 0 Å². The smallest absolute Gasteiger partial charge is 0.265 e. The summed E-state index contributed by atoms with van der Waals surface area (Å²) in [5, 5.41) is 0.702. The number of likely N-dealkylation sites (N-methyl/N-ethyl adjacent to an activating group) is 1. The minimum atomic E-state index is 0.109. The van der Waals surface area contributed by atoms with Gasteiger partial charge in [0.15, 0.2) is 10.8 Å². The van der Waals surface area contributed by atoms with Crippen LogP contribution in [0.3, 0.4) is 0 Å². The summed E-state index contributed by atoms with van der Waals surface area (Å²) in [5.74, 6) is 0.688. The van der Waals surface area contributed by atoms with Gasteiger partial charge in [0.05, 0.1) is 6.20 Å². The van der Waals surface area contributed by atoms with E-state index in [-0.39, 0.29) is 5.91 Å².